The fraction of sp³-hybridized carbons (Fsp3) is 0.923. The number of rotatable bonds is 4. The lowest BCUT2D eigenvalue weighted by atomic mass is 9.97. The summed E-state index contributed by atoms with van der Waals surface area (Å²) >= 11 is 0. The predicted molar refractivity (Wildman–Crippen MR) is 72.5 cm³/mol. The second kappa shape index (κ2) is 7.56. The number of hydrogen-bond donors (Lipinski definition) is 6. The maximum Gasteiger partial charge on any atom is 0.335 e. The summed E-state index contributed by atoms with van der Waals surface area (Å²) in [6, 6.07) is 0. The van der Waals surface area contributed by atoms with Gasteiger partial charge in [-0.15, -0.1) is 0 Å². The number of carboxylic acid groups (broad SMARTS) is 1. The Morgan fingerprint density at radius 2 is 1.50 bits per heavy atom. The summed E-state index contributed by atoms with van der Waals surface area (Å²) in [5.74, 6) is -1.44. The van der Waals surface area contributed by atoms with Gasteiger partial charge in [0.25, 0.3) is 0 Å². The van der Waals surface area contributed by atoms with Gasteiger partial charge >= 0.3 is 5.97 Å². The summed E-state index contributed by atoms with van der Waals surface area (Å²) in [5.41, 5.74) is 0. The molecule has 6 N–H and O–H groups in total. The Bertz CT molecular complexity index is 446. The molecule has 2 aliphatic rings. The van der Waals surface area contributed by atoms with E-state index in [1.807, 2.05) is 0 Å². The maximum atomic E-state index is 11.2. The average molecular weight is 354 g/mol. The molecule has 0 amide bonds. The van der Waals surface area contributed by atoms with E-state index in [1.165, 1.54) is 6.92 Å². The lowest BCUT2D eigenvalue weighted by Crippen LogP contribution is -2.64. The molecular weight excluding hydrogens is 332 g/mol. The van der Waals surface area contributed by atoms with E-state index >= 15 is 0 Å². The van der Waals surface area contributed by atoms with Gasteiger partial charge in [0, 0.05) is 7.11 Å². The lowest BCUT2D eigenvalue weighted by molar-refractivity contribution is -0.348. The van der Waals surface area contributed by atoms with Gasteiger partial charge in [-0.3, -0.25) is 0 Å². The molecule has 0 unspecified atom stereocenters. The van der Waals surface area contributed by atoms with Crippen LogP contribution in [-0.4, -0.2) is 105 Å². The predicted octanol–water partition coefficient (Wildman–Crippen LogP) is -3.62. The third-order valence-electron chi connectivity index (χ3n) is 4.15. The zero-order valence-electron chi connectivity index (χ0n) is 13.0. The third kappa shape index (κ3) is 3.54. The van der Waals surface area contributed by atoms with E-state index in [0.29, 0.717) is 0 Å². The number of aliphatic carboxylic acids is 1. The minimum atomic E-state index is -1.67. The first kappa shape index (κ1) is 19.4. The zero-order valence-corrected chi connectivity index (χ0v) is 13.0. The van der Waals surface area contributed by atoms with Crippen molar-refractivity contribution in [2.75, 3.05) is 7.11 Å². The quantitative estimate of drug-likeness (QED) is 0.294. The number of aliphatic hydroxyl groups is 5. The van der Waals surface area contributed by atoms with Crippen LogP contribution >= 0.6 is 0 Å². The first-order valence-corrected chi connectivity index (χ1v) is 7.31. The number of carbonyl (C=O) groups is 1. The fourth-order valence-corrected chi connectivity index (χ4v) is 2.78. The van der Waals surface area contributed by atoms with E-state index in [4.69, 9.17) is 24.1 Å². The highest BCUT2D eigenvalue weighted by molar-refractivity contribution is 5.73. The second-order valence-electron chi connectivity index (χ2n) is 5.76. The van der Waals surface area contributed by atoms with E-state index in [1.54, 1.807) is 0 Å². The van der Waals surface area contributed by atoms with Crippen LogP contribution in [-0.2, 0) is 23.7 Å². The Balaban J connectivity index is 2.14. The first-order chi connectivity index (χ1) is 11.2. The van der Waals surface area contributed by atoms with Gasteiger partial charge in [0.15, 0.2) is 18.7 Å². The smallest absolute Gasteiger partial charge is 0.335 e. The molecule has 140 valence electrons. The van der Waals surface area contributed by atoms with Crippen LogP contribution in [0, 0.1) is 0 Å². The largest absolute Gasteiger partial charge is 0.479 e. The van der Waals surface area contributed by atoms with Gasteiger partial charge in [-0.2, -0.15) is 0 Å². The summed E-state index contributed by atoms with van der Waals surface area (Å²) in [4.78, 5) is 11.2. The topological polar surface area (TPSA) is 175 Å². The molecule has 0 saturated carbocycles. The number of methoxy groups -OCH3 is 1. The van der Waals surface area contributed by atoms with Crippen LogP contribution in [0.4, 0.5) is 0 Å². The van der Waals surface area contributed by atoms with Crippen LogP contribution in [0.5, 0.6) is 0 Å². The van der Waals surface area contributed by atoms with Gasteiger partial charge in [0.2, 0.25) is 0 Å². The Morgan fingerprint density at radius 3 is 2.04 bits per heavy atom. The van der Waals surface area contributed by atoms with Crippen molar-refractivity contribution >= 4 is 5.97 Å². The molecule has 2 heterocycles. The molecule has 11 nitrogen and oxygen atoms in total. The Morgan fingerprint density at radius 1 is 0.917 bits per heavy atom. The van der Waals surface area contributed by atoms with E-state index < -0.39 is 67.4 Å². The SMILES string of the molecule is CO[C@H]1[C@H](O)[C@@H](O)[C@H](O[C@H]2[C@@H](O)[C@H](O)[C@@H](O)O[C@H]2C)O[C@@H]1C(=O)O. The van der Waals surface area contributed by atoms with Crippen molar-refractivity contribution < 1.29 is 54.4 Å². The van der Waals surface area contributed by atoms with Crippen molar-refractivity contribution in [3.63, 3.8) is 0 Å². The molecule has 0 aromatic rings. The van der Waals surface area contributed by atoms with Crippen LogP contribution in [0.3, 0.4) is 0 Å². The first-order valence-electron chi connectivity index (χ1n) is 7.31. The van der Waals surface area contributed by atoms with Crippen LogP contribution in [0.2, 0.25) is 0 Å². The van der Waals surface area contributed by atoms with E-state index in [-0.39, 0.29) is 0 Å². The fourth-order valence-electron chi connectivity index (χ4n) is 2.78. The van der Waals surface area contributed by atoms with Crippen molar-refractivity contribution in [2.24, 2.45) is 0 Å². The third-order valence-corrected chi connectivity index (χ3v) is 4.15. The van der Waals surface area contributed by atoms with Crippen molar-refractivity contribution in [1.82, 2.24) is 0 Å². The second-order valence-corrected chi connectivity index (χ2v) is 5.76. The lowest BCUT2D eigenvalue weighted by Gasteiger charge is -2.44. The number of aliphatic hydroxyl groups excluding tert-OH is 5. The molecule has 11 heteroatoms. The van der Waals surface area contributed by atoms with Crippen LogP contribution in [0.1, 0.15) is 6.92 Å². The van der Waals surface area contributed by atoms with E-state index in [2.05, 4.69) is 0 Å². The van der Waals surface area contributed by atoms with Crippen molar-refractivity contribution in [3.05, 3.63) is 0 Å². The van der Waals surface area contributed by atoms with Gasteiger partial charge in [-0.25, -0.2) is 4.79 Å². The van der Waals surface area contributed by atoms with Gasteiger partial charge in [-0.05, 0) is 6.92 Å². The molecule has 2 rings (SSSR count). The number of carboxylic acids is 1. The molecule has 2 aliphatic heterocycles. The molecule has 0 aliphatic carbocycles. The summed E-state index contributed by atoms with van der Waals surface area (Å²) in [7, 11) is 1.15. The van der Waals surface area contributed by atoms with E-state index in [9.17, 15) is 30.3 Å². The van der Waals surface area contributed by atoms with Crippen molar-refractivity contribution in [3.8, 4) is 0 Å². The summed E-state index contributed by atoms with van der Waals surface area (Å²) in [5, 5.41) is 58.2. The molecule has 10 atom stereocenters. The Labute approximate surface area is 136 Å². The number of hydrogen-bond acceptors (Lipinski definition) is 10. The highest BCUT2D eigenvalue weighted by Gasteiger charge is 2.51. The van der Waals surface area contributed by atoms with Gasteiger partial charge < -0.3 is 49.6 Å². The molecule has 0 aromatic heterocycles. The van der Waals surface area contributed by atoms with E-state index in [0.717, 1.165) is 7.11 Å². The number of ether oxygens (including phenoxy) is 4. The summed E-state index contributed by atoms with van der Waals surface area (Å²) in [6.45, 7) is 1.43. The normalized spacial score (nSPS) is 49.8. The minimum absolute atomic E-state index is 0.908. The molecule has 2 fully saturated rings. The molecule has 2 saturated heterocycles. The monoisotopic (exact) mass is 354 g/mol. The van der Waals surface area contributed by atoms with Crippen molar-refractivity contribution in [2.45, 2.75) is 68.3 Å². The van der Waals surface area contributed by atoms with Crippen LogP contribution in [0.25, 0.3) is 0 Å². The minimum Gasteiger partial charge on any atom is -0.479 e. The summed E-state index contributed by atoms with van der Waals surface area (Å²) < 4.78 is 20.3. The molecule has 0 aromatic carbocycles. The highest BCUT2D eigenvalue weighted by atomic mass is 16.7. The maximum absolute atomic E-state index is 11.2. The molecular formula is C13H22O11. The van der Waals surface area contributed by atoms with Crippen LogP contribution < -0.4 is 0 Å². The Kier molecular flexibility index (Phi) is 6.12. The Hall–Kier alpha value is -0.890. The molecule has 0 radical (unpaired) electrons. The van der Waals surface area contributed by atoms with Gasteiger partial charge in [-0.1, -0.05) is 0 Å². The zero-order chi connectivity index (χ0) is 18.2. The van der Waals surface area contributed by atoms with Crippen molar-refractivity contribution in [1.29, 1.82) is 0 Å². The molecule has 0 bridgehead atoms. The van der Waals surface area contributed by atoms with Gasteiger partial charge in [0.05, 0.1) is 6.10 Å². The molecule has 24 heavy (non-hydrogen) atoms. The summed E-state index contributed by atoms with van der Waals surface area (Å²) in [6.07, 6.45) is -14.9. The standard InChI is InChI=1S/C13H22O11/c1-3-8(4(14)6(16)12(20)22-3)23-13-7(17)5(15)9(21-2)10(24-13)11(18)19/h3-10,12-17,20H,1-2H3,(H,18,19)/t3-,4-,5+,6-,7+,8+,9-,10-,12-,13+/m0/s1. The van der Waals surface area contributed by atoms with Gasteiger partial charge in [0.1, 0.15) is 36.6 Å². The highest BCUT2D eigenvalue weighted by Crippen LogP contribution is 2.29. The molecule has 0 spiro atoms. The van der Waals surface area contributed by atoms with Crippen LogP contribution in [0.15, 0.2) is 0 Å². The average Bonchev–Trinajstić information content (AvgIpc) is 2.52.